The van der Waals surface area contributed by atoms with Crippen LogP contribution in [0.15, 0.2) is 30.5 Å². The van der Waals surface area contributed by atoms with E-state index in [-0.39, 0.29) is 11.9 Å². The molecule has 8 nitrogen and oxygen atoms in total. The maximum atomic E-state index is 12.5. The third-order valence-corrected chi connectivity index (χ3v) is 5.69. The van der Waals surface area contributed by atoms with Gasteiger partial charge in [0.2, 0.25) is 11.9 Å². The number of nitrogens with zero attached hydrogens (tertiary/aromatic N) is 4. The molecule has 1 amide bonds. The Morgan fingerprint density at radius 3 is 2.35 bits per heavy atom. The fraction of sp³-hybridized carbons (Fsp3) is 0.522. The lowest BCUT2D eigenvalue weighted by molar-refractivity contribution is -0.120. The summed E-state index contributed by atoms with van der Waals surface area (Å²) in [6, 6.07) is 8.25. The highest BCUT2D eigenvalue weighted by atomic mass is 16.5. The van der Waals surface area contributed by atoms with E-state index >= 15 is 0 Å². The van der Waals surface area contributed by atoms with Crippen molar-refractivity contribution in [3.63, 3.8) is 0 Å². The molecule has 1 aromatic heterocycles. The maximum absolute atomic E-state index is 12.5. The third kappa shape index (κ3) is 6.23. The number of rotatable bonds is 8. The van der Waals surface area contributed by atoms with Gasteiger partial charge in [-0.15, -0.1) is 0 Å². The van der Waals surface area contributed by atoms with Crippen LogP contribution in [0.5, 0.6) is 5.75 Å². The summed E-state index contributed by atoms with van der Waals surface area (Å²) >= 11 is 0. The first-order chi connectivity index (χ1) is 14.9. The lowest BCUT2D eigenvalue weighted by atomic mass is 9.91. The molecule has 8 heteroatoms. The van der Waals surface area contributed by atoms with Gasteiger partial charge in [0.15, 0.2) is 0 Å². The van der Waals surface area contributed by atoms with Crippen LogP contribution < -0.4 is 25.2 Å². The van der Waals surface area contributed by atoms with Crippen LogP contribution in [0.4, 0.5) is 17.5 Å². The number of hydrogen-bond acceptors (Lipinski definition) is 7. The van der Waals surface area contributed by atoms with Crippen molar-refractivity contribution in [3.8, 4) is 5.75 Å². The molecule has 0 saturated heterocycles. The van der Waals surface area contributed by atoms with Gasteiger partial charge in [0.25, 0.3) is 0 Å². The Morgan fingerprint density at radius 2 is 1.74 bits per heavy atom. The zero-order valence-electron chi connectivity index (χ0n) is 19.2. The average Bonchev–Trinajstić information content (AvgIpc) is 2.76. The molecule has 0 radical (unpaired) electrons. The fourth-order valence-electron chi connectivity index (χ4n) is 3.94. The van der Waals surface area contributed by atoms with Crippen LogP contribution in [0, 0.1) is 6.92 Å². The second-order valence-corrected chi connectivity index (χ2v) is 8.41. The molecular formula is C23H34N6O2. The molecule has 168 valence electrons. The van der Waals surface area contributed by atoms with Crippen LogP contribution in [0.25, 0.3) is 0 Å². The molecule has 3 rings (SSSR count). The fourth-order valence-corrected chi connectivity index (χ4v) is 3.94. The zero-order valence-corrected chi connectivity index (χ0v) is 19.2. The van der Waals surface area contributed by atoms with Crippen molar-refractivity contribution in [3.05, 3.63) is 36.0 Å². The van der Waals surface area contributed by atoms with Crippen molar-refractivity contribution in [2.45, 2.75) is 44.7 Å². The Bertz CT molecular complexity index is 863. The monoisotopic (exact) mass is 426 g/mol. The van der Waals surface area contributed by atoms with Crippen molar-refractivity contribution in [1.29, 1.82) is 0 Å². The Balaban J connectivity index is 1.44. The van der Waals surface area contributed by atoms with Crippen LogP contribution >= 0.6 is 0 Å². The first-order valence-corrected chi connectivity index (χ1v) is 10.8. The number of nitrogens with one attached hydrogen (secondary N) is 2. The summed E-state index contributed by atoms with van der Waals surface area (Å²) in [4.78, 5) is 25.5. The van der Waals surface area contributed by atoms with Gasteiger partial charge in [-0.3, -0.25) is 4.79 Å². The Hall–Kier alpha value is -3.03. The Kier molecular flexibility index (Phi) is 7.55. The molecule has 1 aliphatic rings. The van der Waals surface area contributed by atoms with Gasteiger partial charge in [0.1, 0.15) is 11.6 Å². The van der Waals surface area contributed by atoms with E-state index in [0.717, 1.165) is 48.5 Å². The van der Waals surface area contributed by atoms with Crippen molar-refractivity contribution in [2.75, 3.05) is 49.9 Å². The number of ether oxygens (including phenoxy) is 1. The number of carbonyl (C=O) groups is 1. The second kappa shape index (κ2) is 10.3. The number of benzene rings is 1. The van der Waals surface area contributed by atoms with Gasteiger partial charge in [-0.1, -0.05) is 0 Å². The summed E-state index contributed by atoms with van der Waals surface area (Å²) in [7, 11) is 7.54. The molecular weight excluding hydrogens is 392 g/mol. The molecule has 2 aromatic rings. The highest BCUT2D eigenvalue weighted by molar-refractivity contribution is 5.81. The smallest absolute Gasteiger partial charge is 0.239 e. The van der Waals surface area contributed by atoms with Crippen molar-refractivity contribution < 1.29 is 9.53 Å². The quantitative estimate of drug-likeness (QED) is 0.672. The third-order valence-electron chi connectivity index (χ3n) is 5.69. The van der Waals surface area contributed by atoms with Crippen LogP contribution in [0.1, 0.15) is 31.2 Å². The van der Waals surface area contributed by atoms with E-state index in [2.05, 4.69) is 20.6 Å². The van der Waals surface area contributed by atoms with E-state index in [9.17, 15) is 4.79 Å². The van der Waals surface area contributed by atoms with Crippen molar-refractivity contribution in [1.82, 2.24) is 15.3 Å². The topological polar surface area (TPSA) is 82.6 Å². The summed E-state index contributed by atoms with van der Waals surface area (Å²) in [5, 5.41) is 6.65. The van der Waals surface area contributed by atoms with E-state index in [1.807, 2.05) is 68.3 Å². The highest BCUT2D eigenvalue weighted by Gasteiger charge is 2.23. The van der Waals surface area contributed by atoms with Gasteiger partial charge in [-0.2, -0.15) is 4.98 Å². The van der Waals surface area contributed by atoms with E-state index < -0.39 is 0 Å². The number of methoxy groups -OCH3 is 1. The maximum Gasteiger partial charge on any atom is 0.239 e. The summed E-state index contributed by atoms with van der Waals surface area (Å²) in [6.45, 7) is 2.34. The molecule has 1 heterocycles. The lowest BCUT2D eigenvalue weighted by Gasteiger charge is -2.30. The summed E-state index contributed by atoms with van der Waals surface area (Å²) in [5.74, 6) is 2.45. The van der Waals surface area contributed by atoms with E-state index in [1.165, 1.54) is 0 Å². The number of anilines is 3. The van der Waals surface area contributed by atoms with Gasteiger partial charge in [-0.25, -0.2) is 4.98 Å². The summed E-state index contributed by atoms with van der Waals surface area (Å²) in [5.41, 5.74) is 2.04. The molecule has 1 fully saturated rings. The lowest BCUT2D eigenvalue weighted by Crippen LogP contribution is -2.44. The van der Waals surface area contributed by atoms with Crippen molar-refractivity contribution >= 4 is 23.4 Å². The van der Waals surface area contributed by atoms with Crippen LogP contribution in [0.2, 0.25) is 0 Å². The zero-order chi connectivity index (χ0) is 22.4. The first-order valence-electron chi connectivity index (χ1n) is 10.8. The largest absolute Gasteiger partial charge is 0.497 e. The molecule has 0 atom stereocenters. The first kappa shape index (κ1) is 22.7. The number of aromatic nitrogens is 2. The standard InChI is InChI=1S/C23H34N6O2/c1-16-14-24-23(27-22(16)28(2)3)26-18-8-6-17(7-9-18)25-21(30)15-29(4)19-10-12-20(31-5)13-11-19/h10-14,17-18H,6-9,15H2,1-5H3,(H,25,30)(H,24,26,27). The Morgan fingerprint density at radius 1 is 1.10 bits per heavy atom. The predicted octanol–water partition coefficient (Wildman–Crippen LogP) is 2.84. The van der Waals surface area contributed by atoms with Crippen LogP contribution in [-0.2, 0) is 4.79 Å². The normalized spacial score (nSPS) is 18.2. The van der Waals surface area contributed by atoms with E-state index in [1.54, 1.807) is 7.11 Å². The van der Waals surface area contributed by atoms with E-state index in [4.69, 9.17) is 4.74 Å². The average molecular weight is 427 g/mol. The molecule has 0 aliphatic heterocycles. The minimum absolute atomic E-state index is 0.0484. The minimum atomic E-state index is 0.0484. The van der Waals surface area contributed by atoms with Gasteiger partial charge in [0.05, 0.1) is 13.7 Å². The number of likely N-dealkylation sites (N-methyl/N-ethyl adjacent to an activating group) is 1. The highest BCUT2D eigenvalue weighted by Crippen LogP contribution is 2.23. The molecule has 0 spiro atoms. The SMILES string of the molecule is COc1ccc(N(C)CC(=O)NC2CCC(Nc3ncc(C)c(N(C)C)n3)CC2)cc1. The molecule has 1 saturated carbocycles. The van der Waals surface area contributed by atoms with Gasteiger partial charge in [0, 0.05) is 50.7 Å². The molecule has 0 unspecified atom stereocenters. The molecule has 2 N–H and O–H groups in total. The van der Waals surface area contributed by atoms with Crippen LogP contribution in [-0.4, -0.2) is 62.8 Å². The molecule has 1 aliphatic carbocycles. The number of carbonyl (C=O) groups excluding carboxylic acids is 1. The van der Waals surface area contributed by atoms with Gasteiger partial charge >= 0.3 is 0 Å². The second-order valence-electron chi connectivity index (χ2n) is 8.41. The Labute approximate surface area is 185 Å². The van der Waals surface area contributed by atoms with Gasteiger partial charge in [-0.05, 0) is 56.9 Å². The number of hydrogen-bond donors (Lipinski definition) is 2. The minimum Gasteiger partial charge on any atom is -0.497 e. The molecule has 0 bridgehead atoms. The summed E-state index contributed by atoms with van der Waals surface area (Å²) in [6.07, 6.45) is 5.71. The molecule has 31 heavy (non-hydrogen) atoms. The van der Waals surface area contributed by atoms with Gasteiger partial charge < -0.3 is 25.2 Å². The number of amides is 1. The number of aryl methyl sites for hydroxylation is 1. The molecule has 1 aromatic carbocycles. The van der Waals surface area contributed by atoms with E-state index in [0.29, 0.717) is 18.5 Å². The van der Waals surface area contributed by atoms with Crippen LogP contribution in [0.3, 0.4) is 0 Å². The van der Waals surface area contributed by atoms with Crippen molar-refractivity contribution in [2.24, 2.45) is 0 Å². The predicted molar refractivity (Wildman–Crippen MR) is 125 cm³/mol. The summed E-state index contributed by atoms with van der Waals surface area (Å²) < 4.78 is 5.19.